The van der Waals surface area contributed by atoms with Gasteiger partial charge in [-0.15, -0.1) is 0 Å². The fraction of sp³-hybridized carbons (Fsp3) is 0.206. The number of aryl methyl sites for hydroxylation is 1. The van der Waals surface area contributed by atoms with E-state index in [2.05, 4.69) is 5.32 Å². The smallest absolute Gasteiger partial charge is 0.336 e. The van der Waals surface area contributed by atoms with E-state index < -0.39 is 22.2 Å². The summed E-state index contributed by atoms with van der Waals surface area (Å²) in [5.41, 5.74) is 1.06. The van der Waals surface area contributed by atoms with Gasteiger partial charge in [0.15, 0.2) is 0 Å². The Labute approximate surface area is 282 Å². The number of phenolic OH excluding ortho intramolecular Hbond substituents is 1. The summed E-state index contributed by atoms with van der Waals surface area (Å²) in [6.45, 7) is 1.30. The number of para-hydroxylation sites is 1. The maximum atomic E-state index is 13.1. The monoisotopic (exact) mass is 694 g/mol. The lowest BCUT2D eigenvalue weighted by atomic mass is 9.89. The molecule has 0 spiro atoms. The summed E-state index contributed by atoms with van der Waals surface area (Å²) in [4.78, 5) is 48.5. The first-order valence-electron chi connectivity index (χ1n) is 14.7. The molecule has 1 aliphatic heterocycles. The lowest BCUT2D eigenvalue weighted by Crippen LogP contribution is -2.27. The molecule has 0 unspecified atom stereocenters. The summed E-state index contributed by atoms with van der Waals surface area (Å²) in [5.74, 6) is -1.97. The number of aromatic hydroxyl groups is 1. The van der Waals surface area contributed by atoms with Crippen molar-refractivity contribution in [1.82, 2.24) is 5.32 Å². The lowest BCUT2D eigenvalue weighted by molar-refractivity contribution is -0.385. The number of carbonyl (C=O) groups is 2. The normalized spacial score (nSPS) is 11.2. The number of carbonyl (C=O) groups excluding carboxylic acids is 1. The number of phenols is 1. The number of nitro benzene ring substituents is 1. The predicted molar refractivity (Wildman–Crippen MR) is 179 cm³/mol. The number of fused-ring (bicyclic) bond motifs is 2. The Hall–Kier alpha value is -5.01. The van der Waals surface area contributed by atoms with Gasteiger partial charge in [-0.05, 0) is 48.7 Å². The highest BCUT2D eigenvalue weighted by Crippen LogP contribution is 2.44. The Morgan fingerprint density at radius 1 is 0.917 bits per heavy atom. The molecule has 1 aliphatic carbocycles. The number of nitrogens with one attached hydrogen (secondary N) is 1. The Kier molecular flexibility index (Phi) is 10.9. The highest BCUT2D eigenvalue weighted by atomic mass is 35.5. The molecule has 248 valence electrons. The van der Waals surface area contributed by atoms with Crippen molar-refractivity contribution in [3.63, 3.8) is 0 Å². The number of nitrogens with zero attached hydrogens (tertiary/aromatic N) is 1. The summed E-state index contributed by atoms with van der Waals surface area (Å²) < 4.78 is 16.9. The quantitative estimate of drug-likeness (QED) is 0.0497. The molecule has 48 heavy (non-hydrogen) atoms. The van der Waals surface area contributed by atoms with Gasteiger partial charge in [0.2, 0.25) is 5.43 Å². The average Bonchev–Trinajstić information content (AvgIpc) is 3.05. The van der Waals surface area contributed by atoms with Crippen LogP contribution in [0.1, 0.15) is 32.7 Å². The molecule has 3 aromatic rings. The van der Waals surface area contributed by atoms with Gasteiger partial charge in [-0.25, -0.2) is 4.79 Å². The number of amides is 1. The number of carboxylic acid groups (broad SMARTS) is 1. The number of hydrogen-bond acceptors (Lipinski definition) is 9. The molecule has 0 bridgehead atoms. The third kappa shape index (κ3) is 7.75. The van der Waals surface area contributed by atoms with Crippen LogP contribution in [0.2, 0.25) is 10.0 Å². The van der Waals surface area contributed by atoms with Gasteiger partial charge in [0.05, 0.1) is 40.4 Å². The van der Waals surface area contributed by atoms with Crippen LogP contribution in [0.3, 0.4) is 0 Å². The minimum Gasteiger partial charge on any atom is -0.506 e. The molecular formula is C34H28Cl2N2O10. The molecule has 0 fully saturated rings. The Bertz CT molecular complexity index is 2050. The van der Waals surface area contributed by atoms with E-state index in [-0.39, 0.29) is 74.8 Å². The topological polar surface area (TPSA) is 178 Å². The van der Waals surface area contributed by atoms with Crippen LogP contribution in [-0.2, 0) is 15.9 Å². The number of halogens is 2. The highest BCUT2D eigenvalue weighted by molar-refractivity contribution is 6.33. The highest BCUT2D eigenvalue weighted by Gasteiger charge is 2.25. The second-order valence-corrected chi connectivity index (χ2v) is 11.4. The number of rotatable bonds is 14. The van der Waals surface area contributed by atoms with Crippen molar-refractivity contribution in [2.45, 2.75) is 12.8 Å². The fourth-order valence-corrected chi connectivity index (χ4v) is 5.52. The van der Waals surface area contributed by atoms with E-state index in [1.807, 2.05) is 0 Å². The minimum atomic E-state index is -1.27. The van der Waals surface area contributed by atoms with Gasteiger partial charge in [0.25, 0.3) is 11.6 Å². The second kappa shape index (κ2) is 15.3. The molecule has 2 aliphatic rings. The van der Waals surface area contributed by atoms with Crippen LogP contribution in [0.15, 0.2) is 75.9 Å². The van der Waals surface area contributed by atoms with Gasteiger partial charge in [-0.2, -0.15) is 0 Å². The standard InChI is InChI=1S/C34H28Cl2N2O10/c35-25-15-23-30(17-28(25)39)48-31-18-29(40)26(36)16-24(31)32(23)22-14-20(7-8-21(22)34(42)43)33(41)37-9-11-47-13-12-46-10-3-5-19-4-1-2-6-27(19)38(44)45/h1-2,4,6-8,14-18,39H,3,5,9-13H2,(H,37,41)(H,42,43). The number of aromatic carboxylic acids is 1. The molecule has 3 N–H and O–H groups in total. The van der Waals surface area contributed by atoms with E-state index in [0.29, 0.717) is 42.6 Å². The SMILES string of the molecule is O=C(NCCOCCOCCCc1ccccc1[N+](=O)[O-])c1ccc(C(=O)O)c(-c2c3cc(Cl)c(=O)cc-3oc3cc(O)c(Cl)cc23)c1. The van der Waals surface area contributed by atoms with Crippen LogP contribution in [-0.4, -0.2) is 60.0 Å². The molecule has 14 heteroatoms. The third-order valence-corrected chi connectivity index (χ3v) is 8.05. The van der Waals surface area contributed by atoms with Gasteiger partial charge in [0, 0.05) is 59.0 Å². The van der Waals surface area contributed by atoms with Crippen molar-refractivity contribution in [2.24, 2.45) is 0 Å². The van der Waals surface area contributed by atoms with Crippen molar-refractivity contribution in [3.8, 4) is 28.2 Å². The number of benzene rings is 4. The van der Waals surface area contributed by atoms with Gasteiger partial charge in [-0.3, -0.25) is 19.7 Å². The van der Waals surface area contributed by atoms with E-state index in [0.717, 1.165) is 6.07 Å². The molecule has 0 saturated carbocycles. The van der Waals surface area contributed by atoms with Crippen molar-refractivity contribution >= 4 is 51.7 Å². The van der Waals surface area contributed by atoms with Crippen LogP contribution >= 0.6 is 23.2 Å². The maximum absolute atomic E-state index is 13.1. The van der Waals surface area contributed by atoms with Crippen LogP contribution in [0.4, 0.5) is 5.69 Å². The van der Waals surface area contributed by atoms with Crippen LogP contribution < -0.4 is 10.7 Å². The molecule has 3 aromatic carbocycles. The zero-order valence-electron chi connectivity index (χ0n) is 25.2. The van der Waals surface area contributed by atoms with Crippen LogP contribution in [0, 0.1) is 10.1 Å². The maximum Gasteiger partial charge on any atom is 0.336 e. The molecule has 12 nitrogen and oxygen atoms in total. The van der Waals surface area contributed by atoms with Gasteiger partial charge in [0.1, 0.15) is 17.1 Å². The first-order valence-corrected chi connectivity index (χ1v) is 15.4. The zero-order valence-corrected chi connectivity index (χ0v) is 26.7. The van der Waals surface area contributed by atoms with Crippen LogP contribution in [0.5, 0.6) is 5.75 Å². The number of nitro groups is 1. The number of hydrogen-bond donors (Lipinski definition) is 3. The Morgan fingerprint density at radius 2 is 1.67 bits per heavy atom. The summed E-state index contributed by atoms with van der Waals surface area (Å²) >= 11 is 12.4. The van der Waals surface area contributed by atoms with E-state index in [4.69, 9.17) is 37.1 Å². The van der Waals surface area contributed by atoms with E-state index in [1.54, 1.807) is 18.2 Å². The lowest BCUT2D eigenvalue weighted by Gasteiger charge is -2.18. The summed E-state index contributed by atoms with van der Waals surface area (Å²) in [6, 6.07) is 15.8. The summed E-state index contributed by atoms with van der Waals surface area (Å²) in [7, 11) is 0. The van der Waals surface area contributed by atoms with Crippen LogP contribution in [0.25, 0.3) is 33.4 Å². The molecule has 0 aromatic heterocycles. The molecule has 0 atom stereocenters. The van der Waals surface area contributed by atoms with E-state index in [1.165, 1.54) is 42.5 Å². The molecule has 0 radical (unpaired) electrons. The Balaban J connectivity index is 1.23. The van der Waals surface area contributed by atoms with Crippen molar-refractivity contribution < 1.29 is 38.6 Å². The van der Waals surface area contributed by atoms with Gasteiger partial charge in [-0.1, -0.05) is 41.4 Å². The largest absolute Gasteiger partial charge is 0.506 e. The van der Waals surface area contributed by atoms with Gasteiger partial charge < -0.3 is 29.4 Å². The molecule has 1 amide bonds. The first-order chi connectivity index (χ1) is 23.0. The van der Waals surface area contributed by atoms with Gasteiger partial charge >= 0.3 is 5.97 Å². The first kappa shape index (κ1) is 34.3. The molecule has 5 rings (SSSR count). The van der Waals surface area contributed by atoms with Crippen molar-refractivity contribution in [1.29, 1.82) is 0 Å². The average molecular weight is 696 g/mol. The zero-order chi connectivity index (χ0) is 34.4. The summed E-state index contributed by atoms with van der Waals surface area (Å²) in [5, 5.41) is 34.3. The second-order valence-electron chi connectivity index (χ2n) is 10.6. The minimum absolute atomic E-state index is 0.0283. The predicted octanol–water partition coefficient (Wildman–Crippen LogP) is 6.58. The molecule has 1 heterocycles. The fourth-order valence-electron chi connectivity index (χ4n) is 5.20. The molecule has 0 saturated heterocycles. The van der Waals surface area contributed by atoms with E-state index >= 15 is 0 Å². The van der Waals surface area contributed by atoms with Crippen molar-refractivity contribution in [3.05, 3.63) is 114 Å². The molecular weight excluding hydrogens is 667 g/mol. The Morgan fingerprint density at radius 3 is 2.42 bits per heavy atom. The van der Waals surface area contributed by atoms with Crippen molar-refractivity contribution in [2.75, 3.05) is 33.0 Å². The number of carboxylic acids is 1. The third-order valence-electron chi connectivity index (χ3n) is 7.45. The number of ether oxygens (including phenoxy) is 2. The summed E-state index contributed by atoms with van der Waals surface area (Å²) in [6.07, 6.45) is 1.12. The van der Waals surface area contributed by atoms with E-state index in [9.17, 15) is 34.7 Å².